The number of fused-ring (bicyclic) bond motifs is 1. The smallest absolute Gasteiger partial charge is 0.142 e. The predicted molar refractivity (Wildman–Crippen MR) is 105 cm³/mol. The third-order valence-corrected chi connectivity index (χ3v) is 4.79. The molecule has 0 saturated carbocycles. The first-order chi connectivity index (χ1) is 12.2. The van der Waals surface area contributed by atoms with E-state index in [1.165, 1.54) is 16.5 Å². The molecule has 3 heteroatoms. The molecule has 0 amide bonds. The Bertz CT molecular complexity index is 1050. The summed E-state index contributed by atoms with van der Waals surface area (Å²) < 4.78 is 7.87. The fourth-order valence-electron chi connectivity index (χ4n) is 3.43. The van der Waals surface area contributed by atoms with Crippen LogP contribution in [0.25, 0.3) is 27.8 Å². The molecule has 0 N–H and O–H groups in total. The molecule has 3 aromatic carbocycles. The number of ether oxygens (including phenoxy) is 1. The molecule has 0 radical (unpaired) electrons. The van der Waals surface area contributed by atoms with Gasteiger partial charge in [-0.25, -0.2) is 0 Å². The minimum absolute atomic E-state index is 0.723. The van der Waals surface area contributed by atoms with E-state index < -0.39 is 0 Å². The van der Waals surface area contributed by atoms with E-state index in [0.29, 0.717) is 0 Å². The number of halogens is 1. The second-order valence-corrected chi connectivity index (χ2v) is 6.44. The highest BCUT2D eigenvalue weighted by Gasteiger charge is 2.19. The van der Waals surface area contributed by atoms with Crippen molar-refractivity contribution in [2.24, 2.45) is 0 Å². The van der Waals surface area contributed by atoms with Gasteiger partial charge in [0.25, 0.3) is 0 Å². The van der Waals surface area contributed by atoms with Crippen LogP contribution in [0.3, 0.4) is 0 Å². The summed E-state index contributed by atoms with van der Waals surface area (Å²) in [6.07, 6.45) is 0. The summed E-state index contributed by atoms with van der Waals surface area (Å²) in [5.74, 6) is 0.830. The summed E-state index contributed by atoms with van der Waals surface area (Å²) >= 11 is 6.31. The highest BCUT2D eigenvalue weighted by molar-refractivity contribution is 6.31. The van der Waals surface area contributed by atoms with Crippen molar-refractivity contribution in [1.82, 2.24) is 4.57 Å². The van der Waals surface area contributed by atoms with Crippen LogP contribution in [-0.4, -0.2) is 11.7 Å². The molecule has 0 aliphatic carbocycles. The van der Waals surface area contributed by atoms with Gasteiger partial charge in [-0.1, -0.05) is 60.1 Å². The van der Waals surface area contributed by atoms with E-state index >= 15 is 0 Å². The van der Waals surface area contributed by atoms with Gasteiger partial charge in [0.15, 0.2) is 0 Å². The number of methoxy groups -OCH3 is 1. The van der Waals surface area contributed by atoms with E-state index in [1.807, 2.05) is 36.4 Å². The van der Waals surface area contributed by atoms with Crippen LogP contribution in [0.4, 0.5) is 0 Å². The standard InChI is InChI=1S/C22H18ClNO/c1-15-18-13-12-17(23)14-20(18)24(19-10-6-7-11-21(19)25-2)22(15)16-8-4-3-5-9-16/h3-14H,1-2H3. The first-order valence-electron chi connectivity index (χ1n) is 8.20. The topological polar surface area (TPSA) is 14.2 Å². The molecule has 4 aromatic rings. The lowest BCUT2D eigenvalue weighted by Crippen LogP contribution is -2.00. The van der Waals surface area contributed by atoms with Gasteiger partial charge in [-0.2, -0.15) is 0 Å². The van der Waals surface area contributed by atoms with Gasteiger partial charge in [-0.3, -0.25) is 0 Å². The second kappa shape index (κ2) is 6.30. The Kier molecular flexibility index (Phi) is 3.98. The Morgan fingerprint density at radius 1 is 0.880 bits per heavy atom. The first kappa shape index (κ1) is 15.8. The van der Waals surface area contributed by atoms with Crippen LogP contribution < -0.4 is 4.74 Å². The molecule has 4 rings (SSSR count). The van der Waals surface area contributed by atoms with Crippen molar-refractivity contribution in [3.8, 4) is 22.7 Å². The SMILES string of the molecule is COc1ccccc1-n1c(-c2ccccc2)c(C)c2ccc(Cl)cc21. The van der Waals surface area contributed by atoms with Crippen LogP contribution >= 0.6 is 11.6 Å². The summed E-state index contributed by atoms with van der Waals surface area (Å²) in [6.45, 7) is 2.16. The zero-order valence-corrected chi connectivity index (χ0v) is 14.9. The molecule has 0 saturated heterocycles. The quantitative estimate of drug-likeness (QED) is 0.426. The van der Waals surface area contributed by atoms with E-state index in [-0.39, 0.29) is 0 Å². The number of para-hydroxylation sites is 2. The molecule has 0 unspecified atom stereocenters. The number of benzene rings is 3. The maximum atomic E-state index is 6.31. The van der Waals surface area contributed by atoms with Gasteiger partial charge in [0.05, 0.1) is 24.0 Å². The minimum atomic E-state index is 0.723. The molecule has 0 aliphatic heterocycles. The van der Waals surface area contributed by atoms with Crippen molar-refractivity contribution in [1.29, 1.82) is 0 Å². The highest BCUT2D eigenvalue weighted by Crippen LogP contribution is 2.39. The number of nitrogens with zero attached hydrogens (tertiary/aromatic N) is 1. The fraction of sp³-hybridized carbons (Fsp3) is 0.0909. The maximum absolute atomic E-state index is 6.31. The van der Waals surface area contributed by atoms with Crippen molar-refractivity contribution in [3.63, 3.8) is 0 Å². The number of aromatic nitrogens is 1. The predicted octanol–water partition coefficient (Wildman–Crippen LogP) is 6.27. The van der Waals surface area contributed by atoms with Crippen LogP contribution in [0.15, 0.2) is 72.8 Å². The maximum Gasteiger partial charge on any atom is 0.142 e. The lowest BCUT2D eigenvalue weighted by Gasteiger charge is -2.15. The lowest BCUT2D eigenvalue weighted by molar-refractivity contribution is 0.413. The molecule has 0 aliphatic rings. The van der Waals surface area contributed by atoms with E-state index in [2.05, 4.69) is 47.9 Å². The Hall–Kier alpha value is -2.71. The van der Waals surface area contributed by atoms with Crippen LogP contribution in [0.5, 0.6) is 5.75 Å². The largest absolute Gasteiger partial charge is 0.495 e. The molecule has 1 aromatic heterocycles. The van der Waals surface area contributed by atoms with Gasteiger partial charge < -0.3 is 9.30 Å². The van der Waals surface area contributed by atoms with Crippen LogP contribution in [0.2, 0.25) is 5.02 Å². The highest BCUT2D eigenvalue weighted by atomic mass is 35.5. The van der Waals surface area contributed by atoms with Crippen molar-refractivity contribution in [2.75, 3.05) is 7.11 Å². The Morgan fingerprint density at radius 2 is 1.60 bits per heavy atom. The Labute approximate surface area is 152 Å². The van der Waals surface area contributed by atoms with Crippen LogP contribution in [0, 0.1) is 6.92 Å². The zero-order chi connectivity index (χ0) is 17.4. The lowest BCUT2D eigenvalue weighted by atomic mass is 10.1. The summed E-state index contributed by atoms with van der Waals surface area (Å²) in [4.78, 5) is 0. The summed E-state index contributed by atoms with van der Waals surface area (Å²) in [6, 6.07) is 24.5. The first-order valence-corrected chi connectivity index (χ1v) is 8.58. The van der Waals surface area contributed by atoms with Gasteiger partial charge in [0.1, 0.15) is 5.75 Å². The van der Waals surface area contributed by atoms with E-state index in [9.17, 15) is 0 Å². The van der Waals surface area contributed by atoms with Crippen molar-refractivity contribution in [3.05, 3.63) is 83.4 Å². The molecular weight excluding hydrogens is 330 g/mol. The number of hydrogen-bond donors (Lipinski definition) is 0. The molecule has 0 bridgehead atoms. The zero-order valence-electron chi connectivity index (χ0n) is 14.2. The van der Waals surface area contributed by atoms with E-state index in [4.69, 9.17) is 16.3 Å². The van der Waals surface area contributed by atoms with Gasteiger partial charge in [-0.15, -0.1) is 0 Å². The molecule has 25 heavy (non-hydrogen) atoms. The molecule has 2 nitrogen and oxygen atoms in total. The molecular formula is C22H18ClNO. The summed E-state index contributed by atoms with van der Waals surface area (Å²) in [5.41, 5.74) is 5.63. The number of hydrogen-bond acceptors (Lipinski definition) is 1. The summed E-state index contributed by atoms with van der Waals surface area (Å²) in [5, 5.41) is 1.91. The average Bonchev–Trinajstić information content (AvgIpc) is 2.94. The van der Waals surface area contributed by atoms with Crippen LogP contribution in [0.1, 0.15) is 5.56 Å². The molecule has 1 heterocycles. The fourth-order valence-corrected chi connectivity index (χ4v) is 3.60. The number of rotatable bonds is 3. The van der Waals surface area contributed by atoms with Gasteiger partial charge in [0, 0.05) is 10.4 Å². The van der Waals surface area contributed by atoms with Gasteiger partial charge in [0.2, 0.25) is 0 Å². The normalized spacial score (nSPS) is 11.0. The van der Waals surface area contributed by atoms with Gasteiger partial charge in [-0.05, 0) is 42.3 Å². The third kappa shape index (κ3) is 2.59. The molecule has 124 valence electrons. The Morgan fingerprint density at radius 3 is 2.36 bits per heavy atom. The van der Waals surface area contributed by atoms with E-state index in [0.717, 1.165) is 27.7 Å². The molecule has 0 fully saturated rings. The number of aryl methyl sites for hydroxylation is 1. The summed E-state index contributed by atoms with van der Waals surface area (Å²) in [7, 11) is 1.70. The van der Waals surface area contributed by atoms with Crippen LogP contribution in [-0.2, 0) is 0 Å². The Balaban J connectivity index is 2.16. The minimum Gasteiger partial charge on any atom is -0.495 e. The van der Waals surface area contributed by atoms with E-state index in [1.54, 1.807) is 7.11 Å². The van der Waals surface area contributed by atoms with Gasteiger partial charge >= 0.3 is 0 Å². The second-order valence-electron chi connectivity index (χ2n) is 6.01. The molecule has 0 spiro atoms. The van der Waals surface area contributed by atoms with Crippen molar-refractivity contribution >= 4 is 22.5 Å². The average molecular weight is 348 g/mol. The third-order valence-electron chi connectivity index (χ3n) is 4.56. The van der Waals surface area contributed by atoms with Crippen molar-refractivity contribution in [2.45, 2.75) is 6.92 Å². The monoisotopic (exact) mass is 347 g/mol. The van der Waals surface area contributed by atoms with Crippen molar-refractivity contribution < 1.29 is 4.74 Å². The molecule has 0 atom stereocenters.